The second kappa shape index (κ2) is 4.40. The number of hydrogen-bond donors (Lipinski definition) is 1. The molecule has 1 aliphatic carbocycles. The number of ether oxygens (including phenoxy) is 4. The van der Waals surface area contributed by atoms with E-state index in [0.717, 1.165) is 12.8 Å². The minimum absolute atomic E-state index is 0.0208. The van der Waals surface area contributed by atoms with Crippen molar-refractivity contribution in [1.29, 1.82) is 0 Å². The highest BCUT2D eigenvalue weighted by Gasteiger charge is 2.55. The van der Waals surface area contributed by atoms with E-state index in [4.69, 9.17) is 18.9 Å². The molecule has 0 amide bonds. The summed E-state index contributed by atoms with van der Waals surface area (Å²) in [6, 6.07) is 0. The number of aliphatic hydroxyl groups is 1. The van der Waals surface area contributed by atoms with Crippen LogP contribution in [0, 0.1) is 0 Å². The molecule has 3 rings (SSSR count). The van der Waals surface area contributed by atoms with Crippen molar-refractivity contribution in [3.63, 3.8) is 0 Å². The Labute approximate surface area is 114 Å². The number of rotatable bonds is 0. The maximum atomic E-state index is 10.3. The summed E-state index contributed by atoms with van der Waals surface area (Å²) in [4.78, 5) is 0. The summed E-state index contributed by atoms with van der Waals surface area (Å²) in [6.07, 6.45) is 1.27. The lowest BCUT2D eigenvalue weighted by atomic mass is 9.90. The molecular formula is C14H24O5. The molecule has 1 saturated carbocycles. The van der Waals surface area contributed by atoms with Crippen LogP contribution in [0.25, 0.3) is 0 Å². The molecule has 110 valence electrons. The third-order valence-corrected chi connectivity index (χ3v) is 4.08. The molecule has 3 aliphatic rings. The number of hydrogen-bond acceptors (Lipinski definition) is 5. The fourth-order valence-electron chi connectivity index (χ4n) is 3.43. The van der Waals surface area contributed by atoms with E-state index in [2.05, 4.69) is 0 Å². The van der Waals surface area contributed by atoms with E-state index < -0.39 is 17.7 Å². The van der Waals surface area contributed by atoms with Crippen LogP contribution < -0.4 is 0 Å². The van der Waals surface area contributed by atoms with Gasteiger partial charge in [-0.3, -0.25) is 0 Å². The molecule has 0 aromatic carbocycles. The van der Waals surface area contributed by atoms with E-state index in [1.54, 1.807) is 0 Å². The lowest BCUT2D eigenvalue weighted by Crippen LogP contribution is -2.48. The van der Waals surface area contributed by atoms with Crippen molar-refractivity contribution < 1.29 is 24.1 Å². The van der Waals surface area contributed by atoms with Gasteiger partial charge in [0.2, 0.25) is 0 Å². The molecule has 0 aromatic rings. The second-order valence-corrected chi connectivity index (χ2v) is 6.70. The van der Waals surface area contributed by atoms with Gasteiger partial charge in [0.25, 0.3) is 0 Å². The van der Waals surface area contributed by atoms with E-state index in [-0.39, 0.29) is 24.4 Å². The van der Waals surface area contributed by atoms with Crippen molar-refractivity contribution in [3.05, 3.63) is 0 Å². The SMILES string of the molecule is CC1(C)O[C@@H]2[C@@H](O1)[C@@H](O)CCC[C@H]1OC(C)(C)O[C@@H]21. The van der Waals surface area contributed by atoms with Gasteiger partial charge in [0, 0.05) is 0 Å². The standard InChI is InChI=1S/C14H24O5/c1-13(2)16-9-7-5-6-8(15)10-12(11(9)18-13)19-14(3,4)17-10/h8-12,15H,5-7H2,1-4H3/t8-,9+,10-,11+,12+/m0/s1. The van der Waals surface area contributed by atoms with Crippen molar-refractivity contribution in [2.24, 2.45) is 0 Å². The van der Waals surface area contributed by atoms with Gasteiger partial charge in [0.05, 0.1) is 12.2 Å². The normalized spacial score (nSPS) is 48.2. The minimum Gasteiger partial charge on any atom is -0.390 e. The van der Waals surface area contributed by atoms with Crippen LogP contribution in [0.3, 0.4) is 0 Å². The van der Waals surface area contributed by atoms with Gasteiger partial charge in [-0.25, -0.2) is 0 Å². The van der Waals surface area contributed by atoms with Crippen LogP contribution in [0.2, 0.25) is 0 Å². The van der Waals surface area contributed by atoms with Gasteiger partial charge in [-0.1, -0.05) is 0 Å². The Hall–Kier alpha value is -0.200. The third-order valence-electron chi connectivity index (χ3n) is 4.08. The molecule has 2 aliphatic heterocycles. The molecule has 0 bridgehead atoms. The minimum atomic E-state index is -0.679. The van der Waals surface area contributed by atoms with Crippen LogP contribution in [-0.4, -0.2) is 47.2 Å². The Bertz CT molecular complexity index is 354. The highest BCUT2D eigenvalue weighted by molar-refractivity contribution is 4.99. The maximum absolute atomic E-state index is 10.3. The van der Waals surface area contributed by atoms with Crippen LogP contribution in [-0.2, 0) is 18.9 Å². The number of fused-ring (bicyclic) bond motifs is 3. The average Bonchev–Trinajstić information content (AvgIpc) is 2.74. The summed E-state index contributed by atoms with van der Waals surface area (Å²) in [5.41, 5.74) is 0. The molecule has 0 spiro atoms. The first-order valence-electron chi connectivity index (χ1n) is 7.17. The first-order chi connectivity index (χ1) is 8.77. The predicted molar refractivity (Wildman–Crippen MR) is 67.5 cm³/mol. The fourth-order valence-corrected chi connectivity index (χ4v) is 3.43. The van der Waals surface area contributed by atoms with Crippen molar-refractivity contribution in [3.8, 4) is 0 Å². The lowest BCUT2D eigenvalue weighted by molar-refractivity contribution is -0.175. The van der Waals surface area contributed by atoms with Crippen LogP contribution in [0.15, 0.2) is 0 Å². The molecule has 2 saturated heterocycles. The fraction of sp³-hybridized carbons (Fsp3) is 1.00. The molecule has 5 heteroatoms. The van der Waals surface area contributed by atoms with Crippen LogP contribution in [0.5, 0.6) is 0 Å². The summed E-state index contributed by atoms with van der Waals surface area (Å²) < 4.78 is 23.8. The van der Waals surface area contributed by atoms with Gasteiger partial charge < -0.3 is 24.1 Å². The summed E-state index contributed by atoms with van der Waals surface area (Å²) in [5.74, 6) is -1.27. The molecule has 0 unspecified atom stereocenters. The highest BCUT2D eigenvalue weighted by atomic mass is 16.8. The summed E-state index contributed by atoms with van der Waals surface area (Å²) in [5, 5.41) is 10.3. The third kappa shape index (κ3) is 2.54. The van der Waals surface area contributed by atoms with Crippen LogP contribution in [0.1, 0.15) is 47.0 Å². The Morgan fingerprint density at radius 3 is 2.11 bits per heavy atom. The Kier molecular flexibility index (Phi) is 3.19. The van der Waals surface area contributed by atoms with Crippen molar-refractivity contribution in [2.45, 2.75) is 89.1 Å². The second-order valence-electron chi connectivity index (χ2n) is 6.70. The Balaban J connectivity index is 1.87. The van der Waals surface area contributed by atoms with Crippen molar-refractivity contribution >= 4 is 0 Å². The van der Waals surface area contributed by atoms with Gasteiger partial charge >= 0.3 is 0 Å². The summed E-state index contributed by atoms with van der Waals surface area (Å²) in [6.45, 7) is 7.59. The predicted octanol–water partition coefficient (Wildman–Crippen LogP) is 1.57. The lowest BCUT2D eigenvalue weighted by Gasteiger charge is -2.31. The topological polar surface area (TPSA) is 57.2 Å². The maximum Gasteiger partial charge on any atom is 0.164 e. The smallest absolute Gasteiger partial charge is 0.164 e. The largest absolute Gasteiger partial charge is 0.390 e. The van der Waals surface area contributed by atoms with Crippen molar-refractivity contribution in [1.82, 2.24) is 0 Å². The van der Waals surface area contributed by atoms with Gasteiger partial charge in [-0.05, 0) is 47.0 Å². The van der Waals surface area contributed by atoms with E-state index in [9.17, 15) is 5.11 Å². The molecule has 0 aromatic heterocycles. The first kappa shape index (κ1) is 13.8. The monoisotopic (exact) mass is 272 g/mol. The zero-order chi connectivity index (χ0) is 13.8. The van der Waals surface area contributed by atoms with E-state index >= 15 is 0 Å². The zero-order valence-electron chi connectivity index (χ0n) is 12.1. The van der Waals surface area contributed by atoms with Gasteiger partial charge in [-0.15, -0.1) is 0 Å². The average molecular weight is 272 g/mol. The van der Waals surface area contributed by atoms with Crippen LogP contribution in [0.4, 0.5) is 0 Å². The molecule has 5 nitrogen and oxygen atoms in total. The first-order valence-corrected chi connectivity index (χ1v) is 7.17. The van der Waals surface area contributed by atoms with E-state index in [1.807, 2.05) is 27.7 Å². The Morgan fingerprint density at radius 1 is 0.789 bits per heavy atom. The van der Waals surface area contributed by atoms with Gasteiger partial charge in [-0.2, -0.15) is 0 Å². The Morgan fingerprint density at radius 2 is 1.37 bits per heavy atom. The van der Waals surface area contributed by atoms with Gasteiger partial charge in [0.15, 0.2) is 11.6 Å². The van der Waals surface area contributed by atoms with Crippen molar-refractivity contribution in [2.75, 3.05) is 0 Å². The number of aliphatic hydroxyl groups excluding tert-OH is 1. The van der Waals surface area contributed by atoms with Gasteiger partial charge in [0.1, 0.15) is 18.3 Å². The molecule has 3 fully saturated rings. The molecule has 5 atom stereocenters. The molecule has 19 heavy (non-hydrogen) atoms. The highest BCUT2D eigenvalue weighted by Crippen LogP contribution is 2.42. The van der Waals surface area contributed by atoms with E-state index in [1.165, 1.54) is 0 Å². The van der Waals surface area contributed by atoms with E-state index in [0.29, 0.717) is 6.42 Å². The molecule has 0 radical (unpaired) electrons. The summed E-state index contributed by atoms with van der Waals surface area (Å²) >= 11 is 0. The molecule has 2 heterocycles. The molecular weight excluding hydrogens is 248 g/mol. The zero-order valence-corrected chi connectivity index (χ0v) is 12.1. The quantitative estimate of drug-likeness (QED) is 0.725. The van der Waals surface area contributed by atoms with Crippen LogP contribution >= 0.6 is 0 Å². The summed E-state index contributed by atoms with van der Waals surface area (Å²) in [7, 11) is 0. The molecule has 1 N–H and O–H groups in total.